The number of amides is 4. The Morgan fingerprint density at radius 2 is 1.82 bits per heavy atom. The number of urea groups is 1. The van der Waals surface area contributed by atoms with E-state index in [4.69, 9.17) is 10.5 Å². The van der Waals surface area contributed by atoms with Crippen LogP contribution < -0.4 is 21.1 Å². The average molecular weight is 413 g/mol. The van der Waals surface area contributed by atoms with Gasteiger partial charge in [-0.3, -0.25) is 14.5 Å². The fourth-order valence-corrected chi connectivity index (χ4v) is 2.93. The number of rotatable bonds is 8. The van der Waals surface area contributed by atoms with Crippen LogP contribution in [0.4, 0.5) is 4.79 Å². The first-order chi connectivity index (χ1) is 12.7. The Morgan fingerprint density at radius 1 is 1.25 bits per heavy atom. The summed E-state index contributed by atoms with van der Waals surface area (Å²) in [5.41, 5.74) is 5.06. The van der Waals surface area contributed by atoms with E-state index in [0.717, 1.165) is 4.90 Å². The molecular weight excluding hydrogens is 384 g/mol. The molecule has 4 amide bonds. The maximum absolute atomic E-state index is 12.8. The molecule has 2 rings (SSSR count). The predicted molar refractivity (Wildman–Crippen MR) is 108 cm³/mol. The maximum Gasteiger partial charge on any atom is 0.325 e. The minimum Gasteiger partial charge on any atom is -0.497 e. The van der Waals surface area contributed by atoms with Crippen LogP contribution in [-0.4, -0.2) is 48.5 Å². The van der Waals surface area contributed by atoms with Crippen LogP contribution in [0.1, 0.15) is 39.2 Å². The molecule has 0 saturated carbocycles. The zero-order valence-corrected chi connectivity index (χ0v) is 17.5. The van der Waals surface area contributed by atoms with E-state index >= 15 is 0 Å². The van der Waals surface area contributed by atoms with Crippen LogP contribution in [0.25, 0.3) is 0 Å². The van der Waals surface area contributed by atoms with Crippen LogP contribution in [0.2, 0.25) is 0 Å². The minimum absolute atomic E-state index is 0. The van der Waals surface area contributed by atoms with E-state index in [1.165, 1.54) is 0 Å². The van der Waals surface area contributed by atoms with Crippen LogP contribution >= 0.6 is 12.4 Å². The maximum atomic E-state index is 12.8. The van der Waals surface area contributed by atoms with Crippen molar-refractivity contribution in [3.05, 3.63) is 29.8 Å². The molecule has 1 unspecified atom stereocenters. The van der Waals surface area contributed by atoms with Gasteiger partial charge in [-0.1, -0.05) is 26.0 Å². The Bertz CT molecular complexity index is 721. The third-order valence-corrected chi connectivity index (χ3v) is 5.29. The van der Waals surface area contributed by atoms with Crippen molar-refractivity contribution in [3.8, 4) is 5.75 Å². The van der Waals surface area contributed by atoms with Crippen LogP contribution in [-0.2, 0) is 15.1 Å². The van der Waals surface area contributed by atoms with Gasteiger partial charge in [0.25, 0.3) is 5.91 Å². The average Bonchev–Trinajstić information content (AvgIpc) is 2.90. The third kappa shape index (κ3) is 4.74. The number of benzene rings is 1. The number of nitrogens with zero attached hydrogens (tertiary/aromatic N) is 1. The summed E-state index contributed by atoms with van der Waals surface area (Å²) < 4.78 is 5.11. The summed E-state index contributed by atoms with van der Waals surface area (Å²) in [5.74, 6) is -0.250. The van der Waals surface area contributed by atoms with E-state index in [0.29, 0.717) is 24.2 Å². The van der Waals surface area contributed by atoms with Crippen molar-refractivity contribution in [2.45, 2.75) is 44.7 Å². The molecule has 1 aromatic carbocycles. The standard InChI is InChI=1S/C19H28N4O4.ClH/c1-5-19(20,6-2)12-21-15(24)11-23-16(25)18(3,22-17(23)26)13-7-9-14(27-4)10-8-13;/h7-10H,5-6,11-12,20H2,1-4H3,(H,21,24)(H,22,26);1H. The zero-order chi connectivity index (χ0) is 20.2. The number of hydrogen-bond donors (Lipinski definition) is 3. The number of hydrogen-bond acceptors (Lipinski definition) is 5. The highest BCUT2D eigenvalue weighted by Gasteiger charge is 2.49. The van der Waals surface area contributed by atoms with Crippen LogP contribution in [0, 0.1) is 0 Å². The fraction of sp³-hybridized carbons (Fsp3) is 0.526. The second-order valence-electron chi connectivity index (χ2n) is 7.02. The molecule has 0 radical (unpaired) electrons. The van der Waals surface area contributed by atoms with Crippen molar-refractivity contribution in [3.63, 3.8) is 0 Å². The van der Waals surface area contributed by atoms with Gasteiger partial charge in [-0.15, -0.1) is 12.4 Å². The van der Waals surface area contributed by atoms with Gasteiger partial charge in [0.05, 0.1) is 7.11 Å². The summed E-state index contributed by atoms with van der Waals surface area (Å²) >= 11 is 0. The molecule has 0 aliphatic carbocycles. The molecule has 0 aromatic heterocycles. The van der Waals surface area contributed by atoms with Crippen LogP contribution in [0.3, 0.4) is 0 Å². The molecule has 9 heteroatoms. The van der Waals surface area contributed by atoms with E-state index in [-0.39, 0.29) is 25.5 Å². The molecule has 1 atom stereocenters. The van der Waals surface area contributed by atoms with Gasteiger partial charge in [-0.05, 0) is 37.5 Å². The summed E-state index contributed by atoms with van der Waals surface area (Å²) in [6, 6.07) is 6.26. The monoisotopic (exact) mass is 412 g/mol. The first-order valence-corrected chi connectivity index (χ1v) is 9.03. The number of carbonyl (C=O) groups excluding carboxylic acids is 3. The SMILES string of the molecule is CCC(N)(CC)CNC(=O)CN1C(=O)NC(C)(c2ccc(OC)cc2)C1=O.Cl. The molecule has 1 heterocycles. The highest BCUT2D eigenvalue weighted by atomic mass is 35.5. The summed E-state index contributed by atoms with van der Waals surface area (Å²) in [6.07, 6.45) is 1.42. The van der Waals surface area contributed by atoms with Crippen molar-refractivity contribution in [1.29, 1.82) is 0 Å². The Labute approximate surface area is 171 Å². The Balaban J connectivity index is 0.00000392. The highest BCUT2D eigenvalue weighted by molar-refractivity contribution is 6.09. The van der Waals surface area contributed by atoms with E-state index in [1.54, 1.807) is 38.3 Å². The molecule has 1 aromatic rings. The van der Waals surface area contributed by atoms with Crippen molar-refractivity contribution in [2.24, 2.45) is 5.73 Å². The lowest BCUT2D eigenvalue weighted by Crippen LogP contribution is -2.51. The first-order valence-electron chi connectivity index (χ1n) is 9.03. The lowest BCUT2D eigenvalue weighted by atomic mass is 9.92. The molecule has 0 bridgehead atoms. The molecule has 156 valence electrons. The molecule has 1 aliphatic rings. The fourth-order valence-electron chi connectivity index (χ4n) is 2.93. The number of halogens is 1. The van der Waals surface area contributed by atoms with Gasteiger partial charge >= 0.3 is 6.03 Å². The molecule has 1 fully saturated rings. The van der Waals surface area contributed by atoms with Gasteiger partial charge in [0, 0.05) is 12.1 Å². The number of methoxy groups -OCH3 is 1. The Morgan fingerprint density at radius 3 is 2.32 bits per heavy atom. The van der Waals surface area contributed by atoms with E-state index in [9.17, 15) is 14.4 Å². The Kier molecular flexibility index (Phi) is 7.84. The molecule has 0 spiro atoms. The molecule has 1 saturated heterocycles. The molecule has 1 aliphatic heterocycles. The predicted octanol–water partition coefficient (Wildman–Crippen LogP) is 1.52. The zero-order valence-electron chi connectivity index (χ0n) is 16.7. The summed E-state index contributed by atoms with van der Waals surface area (Å²) in [6.45, 7) is 5.46. The molecule has 28 heavy (non-hydrogen) atoms. The third-order valence-electron chi connectivity index (χ3n) is 5.29. The van der Waals surface area contributed by atoms with Gasteiger partial charge < -0.3 is 21.1 Å². The van der Waals surface area contributed by atoms with Crippen molar-refractivity contribution < 1.29 is 19.1 Å². The van der Waals surface area contributed by atoms with E-state index in [2.05, 4.69) is 10.6 Å². The van der Waals surface area contributed by atoms with Crippen molar-refractivity contribution >= 4 is 30.3 Å². The van der Waals surface area contributed by atoms with E-state index < -0.39 is 28.9 Å². The highest BCUT2D eigenvalue weighted by Crippen LogP contribution is 2.29. The summed E-state index contributed by atoms with van der Waals surface area (Å²) in [4.78, 5) is 38.3. The second-order valence-corrected chi connectivity index (χ2v) is 7.02. The van der Waals surface area contributed by atoms with Crippen molar-refractivity contribution in [1.82, 2.24) is 15.5 Å². The van der Waals surface area contributed by atoms with Gasteiger partial charge in [0.1, 0.15) is 17.8 Å². The number of ether oxygens (including phenoxy) is 1. The molecule has 4 N–H and O–H groups in total. The van der Waals surface area contributed by atoms with Crippen LogP contribution in [0.15, 0.2) is 24.3 Å². The van der Waals surface area contributed by atoms with Gasteiger partial charge in [0.2, 0.25) is 5.91 Å². The van der Waals surface area contributed by atoms with Gasteiger partial charge in [-0.2, -0.15) is 0 Å². The van der Waals surface area contributed by atoms with Gasteiger partial charge in [-0.25, -0.2) is 4.79 Å². The van der Waals surface area contributed by atoms with E-state index in [1.807, 2.05) is 13.8 Å². The minimum atomic E-state index is -1.23. The second kappa shape index (κ2) is 9.25. The first kappa shape index (κ1) is 23.7. The number of imide groups is 1. The summed E-state index contributed by atoms with van der Waals surface area (Å²) in [5, 5.41) is 5.40. The van der Waals surface area contributed by atoms with Crippen molar-refractivity contribution in [2.75, 3.05) is 20.2 Å². The lowest BCUT2D eigenvalue weighted by Gasteiger charge is -2.27. The largest absolute Gasteiger partial charge is 0.497 e. The number of nitrogens with two attached hydrogens (primary N) is 1. The number of carbonyl (C=O) groups is 3. The molecular formula is C19H29ClN4O4. The normalized spacial score (nSPS) is 19.1. The number of nitrogens with one attached hydrogen (secondary N) is 2. The smallest absolute Gasteiger partial charge is 0.325 e. The molecule has 8 nitrogen and oxygen atoms in total. The lowest BCUT2D eigenvalue weighted by molar-refractivity contribution is -0.134. The topological polar surface area (TPSA) is 114 Å². The quantitative estimate of drug-likeness (QED) is 0.560. The Hall–Kier alpha value is -2.32. The van der Waals surface area contributed by atoms with Crippen LogP contribution in [0.5, 0.6) is 5.75 Å². The summed E-state index contributed by atoms with van der Waals surface area (Å²) in [7, 11) is 1.55. The van der Waals surface area contributed by atoms with Gasteiger partial charge in [0.15, 0.2) is 0 Å².